The van der Waals surface area contributed by atoms with E-state index in [1.807, 2.05) is 61.7 Å². The Labute approximate surface area is 128 Å². The second kappa shape index (κ2) is 6.67. The van der Waals surface area contributed by atoms with E-state index in [4.69, 9.17) is 4.84 Å². The first-order valence-electron chi connectivity index (χ1n) is 7.00. The first-order valence-corrected chi connectivity index (χ1v) is 7.00. The molecule has 0 saturated heterocycles. The van der Waals surface area contributed by atoms with Gasteiger partial charge in [-0.15, -0.1) is 0 Å². The molecule has 2 aromatic heterocycles. The van der Waals surface area contributed by atoms with Gasteiger partial charge in [0.1, 0.15) is 6.61 Å². The lowest BCUT2D eigenvalue weighted by molar-refractivity contribution is 0.130. The Balaban J connectivity index is 1.60. The Kier molecular flexibility index (Phi) is 4.25. The summed E-state index contributed by atoms with van der Waals surface area (Å²) in [6, 6.07) is 15.7. The van der Waals surface area contributed by atoms with Crippen LogP contribution in [-0.2, 0) is 11.4 Å². The third-order valence-electron chi connectivity index (χ3n) is 3.17. The van der Waals surface area contributed by atoms with E-state index in [0.29, 0.717) is 6.61 Å². The molecule has 0 N–H and O–H groups in total. The van der Waals surface area contributed by atoms with Crippen LogP contribution in [0.2, 0.25) is 0 Å². The first-order chi connectivity index (χ1) is 10.8. The van der Waals surface area contributed by atoms with Crippen molar-refractivity contribution in [2.45, 2.75) is 13.5 Å². The van der Waals surface area contributed by atoms with Gasteiger partial charge in [-0.25, -0.2) is 9.67 Å². The minimum Gasteiger partial charge on any atom is -0.391 e. The maximum atomic E-state index is 5.39. The van der Waals surface area contributed by atoms with Crippen LogP contribution in [-0.4, -0.2) is 20.5 Å². The molecular formula is C17H16N4O. The first kappa shape index (κ1) is 14.0. The fourth-order valence-electron chi connectivity index (χ4n) is 1.98. The Hall–Kier alpha value is -2.95. The zero-order valence-corrected chi connectivity index (χ0v) is 12.3. The minimum atomic E-state index is 0.385. The summed E-state index contributed by atoms with van der Waals surface area (Å²) in [5.41, 5.74) is 2.86. The van der Waals surface area contributed by atoms with Crippen LogP contribution in [0.15, 0.2) is 72.3 Å². The van der Waals surface area contributed by atoms with Gasteiger partial charge < -0.3 is 4.84 Å². The summed E-state index contributed by atoms with van der Waals surface area (Å²) in [5.74, 6) is 0.776. The lowest BCUT2D eigenvalue weighted by Gasteiger charge is -2.04. The molecule has 0 aliphatic rings. The molecule has 110 valence electrons. The molecule has 0 aliphatic heterocycles. The SMILES string of the molecule is CC(=NOCc1ccc(-n2cccn2)nc1)c1ccccc1. The van der Waals surface area contributed by atoms with Crippen molar-refractivity contribution in [1.29, 1.82) is 0 Å². The lowest BCUT2D eigenvalue weighted by atomic mass is 10.1. The smallest absolute Gasteiger partial charge is 0.153 e. The highest BCUT2D eigenvalue weighted by Crippen LogP contribution is 2.07. The number of oxime groups is 1. The van der Waals surface area contributed by atoms with E-state index in [9.17, 15) is 0 Å². The Morgan fingerprint density at radius 2 is 2.00 bits per heavy atom. The predicted octanol–water partition coefficient (Wildman–Crippen LogP) is 3.21. The average Bonchev–Trinajstić information content (AvgIpc) is 3.11. The van der Waals surface area contributed by atoms with Gasteiger partial charge >= 0.3 is 0 Å². The third kappa shape index (κ3) is 3.38. The molecule has 2 heterocycles. The number of hydrogen-bond acceptors (Lipinski definition) is 4. The van der Waals surface area contributed by atoms with Gasteiger partial charge in [-0.2, -0.15) is 5.10 Å². The minimum absolute atomic E-state index is 0.385. The van der Waals surface area contributed by atoms with Gasteiger partial charge in [-0.05, 0) is 24.6 Å². The van der Waals surface area contributed by atoms with Crippen LogP contribution in [0.1, 0.15) is 18.1 Å². The van der Waals surface area contributed by atoms with Gasteiger partial charge in [0.15, 0.2) is 5.82 Å². The van der Waals surface area contributed by atoms with E-state index in [1.165, 1.54) is 0 Å². The fourth-order valence-corrected chi connectivity index (χ4v) is 1.98. The van der Waals surface area contributed by atoms with Crippen molar-refractivity contribution in [1.82, 2.24) is 14.8 Å². The normalized spacial score (nSPS) is 11.4. The van der Waals surface area contributed by atoms with Gasteiger partial charge in [-0.1, -0.05) is 41.6 Å². The van der Waals surface area contributed by atoms with Crippen LogP contribution >= 0.6 is 0 Å². The molecule has 0 unspecified atom stereocenters. The van der Waals surface area contributed by atoms with E-state index in [-0.39, 0.29) is 0 Å². The van der Waals surface area contributed by atoms with Crippen molar-refractivity contribution >= 4 is 5.71 Å². The molecule has 0 atom stereocenters. The molecule has 0 fully saturated rings. The third-order valence-corrected chi connectivity index (χ3v) is 3.17. The number of benzene rings is 1. The molecule has 5 nitrogen and oxygen atoms in total. The van der Waals surface area contributed by atoms with Crippen molar-refractivity contribution in [3.8, 4) is 5.82 Å². The average molecular weight is 292 g/mol. The largest absolute Gasteiger partial charge is 0.391 e. The van der Waals surface area contributed by atoms with Crippen LogP contribution in [0, 0.1) is 0 Å². The molecule has 0 saturated carbocycles. The number of aromatic nitrogens is 3. The highest BCUT2D eigenvalue weighted by molar-refractivity contribution is 5.98. The molecular weight excluding hydrogens is 276 g/mol. The molecule has 1 aromatic carbocycles. The number of hydrogen-bond donors (Lipinski definition) is 0. The zero-order chi connectivity index (χ0) is 15.2. The van der Waals surface area contributed by atoms with Crippen molar-refractivity contribution in [2.24, 2.45) is 5.16 Å². The van der Waals surface area contributed by atoms with Crippen LogP contribution in [0.3, 0.4) is 0 Å². The second-order valence-electron chi connectivity index (χ2n) is 4.79. The quantitative estimate of drug-likeness (QED) is 0.536. The number of pyridine rings is 1. The summed E-state index contributed by atoms with van der Waals surface area (Å²) in [5, 5.41) is 8.27. The highest BCUT2D eigenvalue weighted by atomic mass is 16.6. The summed E-state index contributed by atoms with van der Waals surface area (Å²) in [6.07, 6.45) is 5.34. The molecule has 22 heavy (non-hydrogen) atoms. The Bertz CT molecular complexity index is 734. The summed E-state index contributed by atoms with van der Waals surface area (Å²) in [6.45, 7) is 2.31. The van der Waals surface area contributed by atoms with Gasteiger partial charge in [0, 0.05) is 24.2 Å². The van der Waals surface area contributed by atoms with Crippen LogP contribution < -0.4 is 0 Å². The van der Waals surface area contributed by atoms with Gasteiger partial charge in [0.05, 0.1) is 5.71 Å². The van der Waals surface area contributed by atoms with Crippen molar-refractivity contribution in [3.05, 3.63) is 78.2 Å². The molecule has 0 spiro atoms. The van der Waals surface area contributed by atoms with E-state index >= 15 is 0 Å². The molecule has 0 amide bonds. The van der Waals surface area contributed by atoms with Gasteiger partial charge in [-0.3, -0.25) is 0 Å². The predicted molar refractivity (Wildman–Crippen MR) is 84.8 cm³/mol. The van der Waals surface area contributed by atoms with Crippen LogP contribution in [0.5, 0.6) is 0 Å². The standard InChI is InChI=1S/C17H16N4O/c1-14(16-6-3-2-4-7-16)20-22-13-15-8-9-17(18-12-15)21-11-5-10-19-21/h2-12H,13H2,1H3. The van der Waals surface area contributed by atoms with Gasteiger partial charge in [0.25, 0.3) is 0 Å². The summed E-state index contributed by atoms with van der Waals surface area (Å²) >= 11 is 0. The molecule has 3 rings (SSSR count). The van der Waals surface area contributed by atoms with Crippen molar-refractivity contribution in [3.63, 3.8) is 0 Å². The second-order valence-corrected chi connectivity index (χ2v) is 4.79. The topological polar surface area (TPSA) is 52.3 Å². The molecule has 0 radical (unpaired) electrons. The lowest BCUT2D eigenvalue weighted by Crippen LogP contribution is -1.99. The summed E-state index contributed by atoms with van der Waals surface area (Å²) in [4.78, 5) is 9.74. The van der Waals surface area contributed by atoms with Crippen LogP contribution in [0.4, 0.5) is 0 Å². The maximum Gasteiger partial charge on any atom is 0.153 e. The van der Waals surface area contributed by atoms with E-state index in [1.54, 1.807) is 17.1 Å². The van der Waals surface area contributed by atoms with Gasteiger partial charge in [0.2, 0.25) is 0 Å². The van der Waals surface area contributed by atoms with Crippen molar-refractivity contribution < 1.29 is 4.84 Å². The van der Waals surface area contributed by atoms with E-state index < -0.39 is 0 Å². The summed E-state index contributed by atoms with van der Waals surface area (Å²) in [7, 11) is 0. The monoisotopic (exact) mass is 292 g/mol. The van der Waals surface area contributed by atoms with E-state index in [0.717, 1.165) is 22.7 Å². The maximum absolute atomic E-state index is 5.39. The fraction of sp³-hybridized carbons (Fsp3) is 0.118. The summed E-state index contributed by atoms with van der Waals surface area (Å²) < 4.78 is 1.71. The highest BCUT2D eigenvalue weighted by Gasteiger charge is 2.00. The number of rotatable bonds is 5. The Morgan fingerprint density at radius 3 is 2.68 bits per heavy atom. The molecule has 0 bridgehead atoms. The molecule has 3 aromatic rings. The number of nitrogens with zero attached hydrogens (tertiary/aromatic N) is 4. The molecule has 5 heteroatoms. The zero-order valence-electron chi connectivity index (χ0n) is 12.3. The Morgan fingerprint density at radius 1 is 1.14 bits per heavy atom. The van der Waals surface area contributed by atoms with Crippen LogP contribution in [0.25, 0.3) is 5.82 Å². The molecule has 0 aliphatic carbocycles. The van der Waals surface area contributed by atoms with E-state index in [2.05, 4.69) is 15.2 Å². The van der Waals surface area contributed by atoms with Crippen molar-refractivity contribution in [2.75, 3.05) is 0 Å².